The summed E-state index contributed by atoms with van der Waals surface area (Å²) in [6.07, 6.45) is 3.06. The number of benzene rings is 1. The van der Waals surface area contributed by atoms with Gasteiger partial charge in [0.15, 0.2) is 0 Å². The Hall–Kier alpha value is -2.53. The van der Waals surface area contributed by atoms with E-state index in [1.54, 1.807) is 18.3 Å². The van der Waals surface area contributed by atoms with Crippen LogP contribution >= 0.6 is 11.6 Å². The minimum Gasteiger partial charge on any atom is -0.345 e. The van der Waals surface area contributed by atoms with E-state index < -0.39 is 0 Å². The Labute approximate surface area is 126 Å². The summed E-state index contributed by atoms with van der Waals surface area (Å²) in [6.45, 7) is 0.313. The van der Waals surface area contributed by atoms with Crippen molar-refractivity contribution in [1.29, 1.82) is 0 Å². The molecule has 0 spiro atoms. The normalized spacial score (nSPS) is 10.5. The zero-order chi connectivity index (χ0) is 14.7. The van der Waals surface area contributed by atoms with E-state index in [9.17, 15) is 4.79 Å². The average molecular weight is 299 g/mol. The number of nitrogens with one attached hydrogen (secondary N) is 1. The summed E-state index contributed by atoms with van der Waals surface area (Å²) in [5.41, 5.74) is 1.01. The van der Waals surface area contributed by atoms with Crippen LogP contribution in [0.25, 0.3) is 10.8 Å². The van der Waals surface area contributed by atoms with Crippen molar-refractivity contribution >= 4 is 28.3 Å². The van der Waals surface area contributed by atoms with Gasteiger partial charge in [-0.05, 0) is 17.5 Å². The molecule has 0 unspecified atom stereocenters. The first-order valence-electron chi connectivity index (χ1n) is 6.32. The van der Waals surface area contributed by atoms with Gasteiger partial charge >= 0.3 is 0 Å². The van der Waals surface area contributed by atoms with Gasteiger partial charge in [-0.25, -0.2) is 15.0 Å². The zero-order valence-corrected chi connectivity index (χ0v) is 11.7. The predicted molar refractivity (Wildman–Crippen MR) is 80.0 cm³/mol. The van der Waals surface area contributed by atoms with Crippen molar-refractivity contribution in [3.05, 3.63) is 65.5 Å². The highest BCUT2D eigenvalue weighted by atomic mass is 35.5. The lowest BCUT2D eigenvalue weighted by atomic mass is 10.1. The van der Waals surface area contributed by atoms with E-state index in [4.69, 9.17) is 11.6 Å². The first-order valence-corrected chi connectivity index (χ1v) is 6.70. The van der Waals surface area contributed by atoms with E-state index >= 15 is 0 Å². The Morgan fingerprint density at radius 2 is 2.10 bits per heavy atom. The molecular formula is C15H11ClN4O. The van der Waals surface area contributed by atoms with Gasteiger partial charge < -0.3 is 5.32 Å². The topological polar surface area (TPSA) is 67.8 Å². The zero-order valence-electron chi connectivity index (χ0n) is 11.0. The Bertz CT molecular complexity index is 792. The summed E-state index contributed by atoms with van der Waals surface area (Å²) >= 11 is 6.11. The van der Waals surface area contributed by atoms with E-state index in [0.29, 0.717) is 11.7 Å². The Morgan fingerprint density at radius 3 is 2.90 bits per heavy atom. The molecule has 5 nitrogen and oxygen atoms in total. The number of aromatic nitrogens is 3. The summed E-state index contributed by atoms with van der Waals surface area (Å²) < 4.78 is 0. The molecule has 0 aliphatic carbocycles. The molecule has 104 valence electrons. The third-order valence-electron chi connectivity index (χ3n) is 3.00. The second-order valence-electron chi connectivity index (χ2n) is 4.40. The fourth-order valence-corrected chi connectivity index (χ4v) is 2.22. The maximum atomic E-state index is 12.1. The number of nitrogens with zero attached hydrogens (tertiary/aromatic N) is 3. The molecule has 2 heterocycles. The lowest BCUT2D eigenvalue weighted by Crippen LogP contribution is -2.24. The molecule has 3 rings (SSSR count). The largest absolute Gasteiger partial charge is 0.345 e. The van der Waals surface area contributed by atoms with Crippen LogP contribution in [0, 0.1) is 0 Å². The number of hydrogen-bond donors (Lipinski definition) is 1. The number of amides is 1. The second kappa shape index (κ2) is 5.85. The number of halogens is 1. The standard InChI is InChI=1S/C15H11ClN4O/c16-14-12-4-2-1-3-10(12)7-13(20-14)15(21)18-8-11-5-6-17-9-19-11/h1-7,9H,8H2,(H,18,21). The number of hydrogen-bond acceptors (Lipinski definition) is 4. The summed E-state index contributed by atoms with van der Waals surface area (Å²) in [6, 6.07) is 11.0. The Balaban J connectivity index is 1.81. The van der Waals surface area contributed by atoms with Crippen molar-refractivity contribution < 1.29 is 4.79 Å². The van der Waals surface area contributed by atoms with Gasteiger partial charge in [0.1, 0.15) is 17.2 Å². The quantitative estimate of drug-likeness (QED) is 0.755. The molecule has 0 aliphatic rings. The highest BCUT2D eigenvalue weighted by Crippen LogP contribution is 2.22. The van der Waals surface area contributed by atoms with Crippen LogP contribution in [0.2, 0.25) is 5.15 Å². The molecule has 2 aromatic heterocycles. The van der Waals surface area contributed by atoms with Crippen LogP contribution in [0.15, 0.2) is 48.9 Å². The van der Waals surface area contributed by atoms with Gasteiger partial charge in [-0.1, -0.05) is 35.9 Å². The van der Waals surface area contributed by atoms with E-state index in [2.05, 4.69) is 20.3 Å². The molecular weight excluding hydrogens is 288 g/mol. The predicted octanol–water partition coefficient (Wildman–Crippen LogP) is 2.61. The van der Waals surface area contributed by atoms with Crippen molar-refractivity contribution in [1.82, 2.24) is 20.3 Å². The lowest BCUT2D eigenvalue weighted by Gasteiger charge is -2.06. The summed E-state index contributed by atoms with van der Waals surface area (Å²) in [7, 11) is 0. The average Bonchev–Trinajstić information content (AvgIpc) is 2.53. The molecule has 0 atom stereocenters. The number of fused-ring (bicyclic) bond motifs is 1. The highest BCUT2D eigenvalue weighted by molar-refractivity contribution is 6.34. The van der Waals surface area contributed by atoms with Crippen LogP contribution in [0.3, 0.4) is 0 Å². The molecule has 0 aliphatic heterocycles. The van der Waals surface area contributed by atoms with Crippen molar-refractivity contribution in [2.24, 2.45) is 0 Å². The summed E-state index contributed by atoms with van der Waals surface area (Å²) in [4.78, 5) is 24.1. The molecule has 1 aromatic carbocycles. The van der Waals surface area contributed by atoms with E-state index in [1.807, 2.05) is 24.3 Å². The van der Waals surface area contributed by atoms with Crippen molar-refractivity contribution in [2.75, 3.05) is 0 Å². The van der Waals surface area contributed by atoms with Crippen LogP contribution in [0.5, 0.6) is 0 Å². The summed E-state index contributed by atoms with van der Waals surface area (Å²) in [5, 5.41) is 4.78. The van der Waals surface area contributed by atoms with Gasteiger partial charge in [0.25, 0.3) is 5.91 Å². The van der Waals surface area contributed by atoms with Crippen molar-refractivity contribution in [2.45, 2.75) is 6.54 Å². The number of rotatable bonds is 3. The van der Waals surface area contributed by atoms with Gasteiger partial charge in [-0.15, -0.1) is 0 Å². The third-order valence-corrected chi connectivity index (χ3v) is 3.29. The Kier molecular flexibility index (Phi) is 3.75. The SMILES string of the molecule is O=C(NCc1ccncn1)c1cc2ccccc2c(Cl)n1. The van der Waals surface area contributed by atoms with Crippen LogP contribution in [0.4, 0.5) is 0 Å². The molecule has 21 heavy (non-hydrogen) atoms. The molecule has 0 saturated carbocycles. The molecule has 1 amide bonds. The van der Waals surface area contributed by atoms with Gasteiger partial charge in [-0.2, -0.15) is 0 Å². The van der Waals surface area contributed by atoms with Gasteiger partial charge in [0, 0.05) is 11.6 Å². The van der Waals surface area contributed by atoms with E-state index in [-0.39, 0.29) is 11.6 Å². The van der Waals surface area contributed by atoms with Crippen LogP contribution < -0.4 is 5.32 Å². The molecule has 0 bridgehead atoms. The van der Waals surface area contributed by atoms with Crippen LogP contribution in [-0.4, -0.2) is 20.9 Å². The number of pyridine rings is 1. The third kappa shape index (κ3) is 2.98. The summed E-state index contributed by atoms with van der Waals surface area (Å²) in [5.74, 6) is -0.290. The van der Waals surface area contributed by atoms with Gasteiger partial charge in [-0.3, -0.25) is 4.79 Å². The fourth-order valence-electron chi connectivity index (χ4n) is 1.96. The molecule has 0 radical (unpaired) electrons. The number of carbonyl (C=O) groups is 1. The minimum absolute atomic E-state index is 0.285. The monoisotopic (exact) mass is 298 g/mol. The van der Waals surface area contributed by atoms with Gasteiger partial charge in [0.2, 0.25) is 0 Å². The molecule has 0 saturated heterocycles. The smallest absolute Gasteiger partial charge is 0.270 e. The molecule has 0 fully saturated rings. The van der Waals surface area contributed by atoms with E-state index in [1.165, 1.54) is 6.33 Å². The van der Waals surface area contributed by atoms with Gasteiger partial charge in [0.05, 0.1) is 12.2 Å². The lowest BCUT2D eigenvalue weighted by molar-refractivity contribution is 0.0945. The fraction of sp³-hybridized carbons (Fsp3) is 0.0667. The molecule has 1 N–H and O–H groups in total. The van der Waals surface area contributed by atoms with Crippen LogP contribution in [-0.2, 0) is 6.54 Å². The molecule has 6 heteroatoms. The second-order valence-corrected chi connectivity index (χ2v) is 4.76. The maximum absolute atomic E-state index is 12.1. The van der Waals surface area contributed by atoms with Crippen LogP contribution in [0.1, 0.15) is 16.2 Å². The first-order chi connectivity index (χ1) is 10.2. The van der Waals surface area contributed by atoms with E-state index in [0.717, 1.165) is 16.5 Å². The maximum Gasteiger partial charge on any atom is 0.270 e. The highest BCUT2D eigenvalue weighted by Gasteiger charge is 2.11. The molecule has 3 aromatic rings. The first kappa shape index (κ1) is 13.5. The van der Waals surface area contributed by atoms with Crippen molar-refractivity contribution in [3.8, 4) is 0 Å². The number of carbonyl (C=O) groups excluding carboxylic acids is 1. The minimum atomic E-state index is -0.290. The Morgan fingerprint density at radius 1 is 1.24 bits per heavy atom. The van der Waals surface area contributed by atoms with Crippen molar-refractivity contribution in [3.63, 3.8) is 0 Å².